The maximum absolute atomic E-state index is 12.6. The van der Waals surface area contributed by atoms with Crippen LogP contribution in [0.25, 0.3) is 0 Å². The van der Waals surface area contributed by atoms with E-state index in [9.17, 15) is 9.59 Å². The smallest absolute Gasteiger partial charge is 0.327 e. The second kappa shape index (κ2) is 10.3. The average Bonchev–Trinajstić information content (AvgIpc) is 3.25. The highest BCUT2D eigenvalue weighted by molar-refractivity contribution is 7.15. The number of aliphatic carboxylic acids is 1. The average molecular weight is 448 g/mol. The molecule has 164 valence electrons. The number of rotatable bonds is 7. The molecule has 3 aromatic rings. The lowest BCUT2D eigenvalue weighted by Gasteiger charge is -2.27. The summed E-state index contributed by atoms with van der Waals surface area (Å²) in [7, 11) is 0. The van der Waals surface area contributed by atoms with Crippen LogP contribution in [0.2, 0.25) is 0 Å². The van der Waals surface area contributed by atoms with E-state index in [-0.39, 0.29) is 5.91 Å². The van der Waals surface area contributed by atoms with Crippen LogP contribution in [0.1, 0.15) is 58.1 Å². The van der Waals surface area contributed by atoms with Crippen molar-refractivity contribution >= 4 is 28.3 Å². The number of benzene rings is 2. The summed E-state index contributed by atoms with van der Waals surface area (Å²) in [6.45, 7) is 0. The first-order valence-corrected chi connectivity index (χ1v) is 11.6. The van der Waals surface area contributed by atoms with E-state index in [1.54, 1.807) is 0 Å². The number of carbonyl (C=O) groups is 2. The maximum Gasteiger partial charge on any atom is 0.327 e. The van der Waals surface area contributed by atoms with E-state index >= 15 is 0 Å². The largest absolute Gasteiger partial charge is 0.478 e. The van der Waals surface area contributed by atoms with Crippen LogP contribution in [-0.4, -0.2) is 27.2 Å². The van der Waals surface area contributed by atoms with Gasteiger partial charge in [-0.15, -0.1) is 10.2 Å². The highest BCUT2D eigenvalue weighted by Gasteiger charge is 2.21. The fourth-order valence-electron chi connectivity index (χ4n) is 4.09. The lowest BCUT2D eigenvalue weighted by Crippen LogP contribution is -2.14. The van der Waals surface area contributed by atoms with Crippen molar-refractivity contribution in [1.29, 1.82) is 0 Å². The summed E-state index contributed by atoms with van der Waals surface area (Å²) in [5.41, 5.74) is 2.97. The van der Waals surface area contributed by atoms with Gasteiger partial charge in [-0.2, -0.15) is 0 Å². The van der Waals surface area contributed by atoms with Gasteiger partial charge in [0.15, 0.2) is 0 Å². The Bertz CT molecular complexity index is 1090. The van der Waals surface area contributed by atoms with E-state index in [0.29, 0.717) is 29.0 Å². The zero-order valence-corrected chi connectivity index (χ0v) is 18.4. The summed E-state index contributed by atoms with van der Waals surface area (Å²) in [6, 6.07) is 17.8. The Balaban J connectivity index is 1.31. The molecule has 0 bridgehead atoms. The van der Waals surface area contributed by atoms with Gasteiger partial charge in [-0.25, -0.2) is 4.79 Å². The third-order valence-electron chi connectivity index (χ3n) is 5.81. The highest BCUT2D eigenvalue weighted by Crippen LogP contribution is 2.36. The number of aromatic nitrogens is 2. The first-order chi connectivity index (χ1) is 15.6. The molecule has 32 heavy (non-hydrogen) atoms. The number of hydrogen-bond donors (Lipinski definition) is 2. The van der Waals surface area contributed by atoms with E-state index < -0.39 is 5.97 Å². The number of amides is 1. The Labute approximate surface area is 191 Å². The van der Waals surface area contributed by atoms with Crippen LogP contribution in [-0.2, 0) is 11.2 Å². The Morgan fingerprint density at radius 3 is 2.41 bits per heavy atom. The van der Waals surface area contributed by atoms with Crippen molar-refractivity contribution in [2.45, 2.75) is 38.0 Å². The van der Waals surface area contributed by atoms with Gasteiger partial charge in [0, 0.05) is 18.1 Å². The third-order valence-corrected chi connectivity index (χ3v) is 6.65. The first-order valence-electron chi connectivity index (χ1n) is 10.8. The maximum atomic E-state index is 12.6. The van der Waals surface area contributed by atoms with Gasteiger partial charge in [-0.05, 0) is 60.8 Å². The number of carboxylic acids is 1. The predicted molar refractivity (Wildman–Crippen MR) is 125 cm³/mol. The number of carboxylic acid groups (broad SMARTS) is 1. The van der Waals surface area contributed by atoms with Crippen molar-refractivity contribution in [2.24, 2.45) is 5.92 Å². The molecule has 2 N–H and O–H groups in total. The highest BCUT2D eigenvalue weighted by atomic mass is 32.1. The Hall–Kier alpha value is -3.32. The van der Waals surface area contributed by atoms with Gasteiger partial charge in [0.1, 0.15) is 5.01 Å². The minimum atomic E-state index is -0.887. The summed E-state index contributed by atoms with van der Waals surface area (Å²) in [5, 5.41) is 21.2. The van der Waals surface area contributed by atoms with Crippen LogP contribution >= 0.6 is 11.3 Å². The number of anilines is 1. The molecule has 1 aliphatic carbocycles. The van der Waals surface area contributed by atoms with Gasteiger partial charge in [0.05, 0.1) is 0 Å². The molecule has 6 nitrogen and oxygen atoms in total. The van der Waals surface area contributed by atoms with Crippen molar-refractivity contribution < 1.29 is 14.7 Å². The van der Waals surface area contributed by atoms with Crippen molar-refractivity contribution in [2.75, 3.05) is 5.32 Å². The zero-order valence-electron chi connectivity index (χ0n) is 17.6. The quantitative estimate of drug-likeness (QED) is 0.480. The third kappa shape index (κ3) is 5.88. The molecule has 1 saturated carbocycles. The van der Waals surface area contributed by atoms with E-state index in [2.05, 4.69) is 15.5 Å². The molecule has 0 radical (unpaired) electrons. The molecule has 4 rings (SSSR count). The Kier molecular flexibility index (Phi) is 7.07. The van der Waals surface area contributed by atoms with Crippen LogP contribution in [0.15, 0.2) is 66.7 Å². The molecule has 1 amide bonds. The predicted octanol–water partition coefficient (Wildman–Crippen LogP) is 5.30. The molecule has 1 fully saturated rings. The molecule has 0 atom stereocenters. The second-order valence-electron chi connectivity index (χ2n) is 8.05. The number of nitrogens with one attached hydrogen (secondary N) is 1. The molecule has 0 saturated heterocycles. The van der Waals surface area contributed by atoms with Crippen LogP contribution in [0.3, 0.4) is 0 Å². The second-order valence-corrected chi connectivity index (χ2v) is 9.11. The molecule has 0 unspecified atom stereocenters. The number of hydrogen-bond acceptors (Lipinski definition) is 5. The van der Waals surface area contributed by atoms with Crippen molar-refractivity contribution in [3.63, 3.8) is 0 Å². The van der Waals surface area contributed by atoms with Crippen molar-refractivity contribution in [3.05, 3.63) is 88.4 Å². The number of allylic oxidation sites excluding steroid dienone is 1. The van der Waals surface area contributed by atoms with Crippen LogP contribution < -0.4 is 5.32 Å². The molecule has 0 spiro atoms. The normalized spacial score (nSPS) is 18.5. The lowest BCUT2D eigenvalue weighted by molar-refractivity contribution is -0.131. The molecule has 1 aromatic heterocycles. The molecule has 7 heteroatoms. The fraction of sp³-hybridized carbons (Fsp3) is 0.280. The number of nitrogens with zero attached hydrogens (tertiary/aromatic N) is 2. The standard InChI is InChI=1S/C25H25N3O3S/c29-23(30)15-8-17-6-9-19(10-7-17)20-11-13-21(14-12-20)24(31)26-25-28-27-22(32-25)16-18-4-2-1-3-5-18/h1-5,8,11-15,17,19H,6-7,9-10,16H2,(H,29,30)(H,26,28,31)/t17-,19-. The number of carbonyl (C=O) groups excluding carboxylic acids is 1. The SMILES string of the molecule is O=C(O)C=C[C@H]1CC[C@H](c2ccc(C(=O)Nc3nnc(Cc4ccccc4)s3)cc2)CC1. The van der Waals surface area contributed by atoms with Gasteiger partial charge in [-0.1, -0.05) is 59.9 Å². The van der Waals surface area contributed by atoms with E-state index in [4.69, 9.17) is 5.11 Å². The van der Waals surface area contributed by atoms with E-state index in [1.807, 2.05) is 60.7 Å². The molecular formula is C25H25N3O3S. The fourth-order valence-corrected chi connectivity index (χ4v) is 4.85. The van der Waals surface area contributed by atoms with Gasteiger partial charge < -0.3 is 5.11 Å². The van der Waals surface area contributed by atoms with E-state index in [1.165, 1.54) is 23.0 Å². The molecular weight excluding hydrogens is 422 g/mol. The summed E-state index contributed by atoms with van der Waals surface area (Å²) in [6.07, 6.45) is 7.77. The van der Waals surface area contributed by atoms with Gasteiger partial charge >= 0.3 is 5.97 Å². The summed E-state index contributed by atoms with van der Waals surface area (Å²) in [5.74, 6) is -0.292. The Morgan fingerprint density at radius 2 is 1.72 bits per heavy atom. The van der Waals surface area contributed by atoms with Crippen LogP contribution in [0.4, 0.5) is 5.13 Å². The topological polar surface area (TPSA) is 92.2 Å². The molecule has 1 heterocycles. The van der Waals surface area contributed by atoms with Crippen molar-refractivity contribution in [1.82, 2.24) is 10.2 Å². The summed E-state index contributed by atoms with van der Waals surface area (Å²) < 4.78 is 0. The Morgan fingerprint density at radius 1 is 1.00 bits per heavy atom. The minimum absolute atomic E-state index is 0.193. The van der Waals surface area contributed by atoms with E-state index in [0.717, 1.165) is 36.3 Å². The first kappa shape index (κ1) is 21.9. The molecule has 2 aromatic carbocycles. The summed E-state index contributed by atoms with van der Waals surface area (Å²) in [4.78, 5) is 23.3. The zero-order chi connectivity index (χ0) is 22.3. The van der Waals surface area contributed by atoms with Gasteiger partial charge in [0.25, 0.3) is 5.91 Å². The van der Waals surface area contributed by atoms with Gasteiger partial charge in [-0.3, -0.25) is 10.1 Å². The molecule has 0 aliphatic heterocycles. The van der Waals surface area contributed by atoms with Crippen molar-refractivity contribution in [3.8, 4) is 0 Å². The summed E-state index contributed by atoms with van der Waals surface area (Å²) >= 11 is 1.39. The molecule has 1 aliphatic rings. The monoisotopic (exact) mass is 447 g/mol. The van der Waals surface area contributed by atoms with Crippen LogP contribution in [0.5, 0.6) is 0 Å². The van der Waals surface area contributed by atoms with Gasteiger partial charge in [0.2, 0.25) is 5.13 Å². The lowest BCUT2D eigenvalue weighted by atomic mass is 9.78. The minimum Gasteiger partial charge on any atom is -0.478 e. The van der Waals surface area contributed by atoms with Crippen LogP contribution in [0, 0.1) is 5.92 Å².